The molecule has 0 saturated heterocycles. The maximum Gasteiger partial charge on any atom is 0.267 e. The Morgan fingerprint density at radius 1 is 1.22 bits per heavy atom. The second kappa shape index (κ2) is 7.87. The van der Waals surface area contributed by atoms with E-state index in [0.29, 0.717) is 22.1 Å². The van der Waals surface area contributed by atoms with E-state index in [1.54, 1.807) is 55.6 Å². The lowest BCUT2D eigenvalue weighted by Crippen LogP contribution is -2.14. The molecule has 0 unspecified atom stereocenters. The first-order valence-electron chi connectivity index (χ1n) is 6.71. The first-order valence-corrected chi connectivity index (χ1v) is 7.08. The number of halogens is 1. The molecule has 23 heavy (non-hydrogen) atoms. The van der Waals surface area contributed by atoms with Crippen LogP contribution in [0.15, 0.2) is 60.3 Å². The van der Waals surface area contributed by atoms with E-state index < -0.39 is 5.91 Å². The van der Waals surface area contributed by atoms with Gasteiger partial charge in [0.2, 0.25) is 0 Å². The molecule has 2 aromatic rings. The molecule has 116 valence electrons. The normalized spacial score (nSPS) is 10.6. The van der Waals surface area contributed by atoms with Crippen molar-refractivity contribution in [3.05, 3.63) is 65.3 Å². The van der Waals surface area contributed by atoms with Gasteiger partial charge in [0.25, 0.3) is 5.91 Å². The highest BCUT2D eigenvalue weighted by molar-refractivity contribution is 6.33. The van der Waals surface area contributed by atoms with Crippen LogP contribution in [0.2, 0.25) is 5.02 Å². The zero-order chi connectivity index (χ0) is 16.7. The van der Waals surface area contributed by atoms with Crippen molar-refractivity contribution < 1.29 is 9.53 Å². The predicted molar refractivity (Wildman–Crippen MR) is 90.4 cm³/mol. The molecule has 6 heteroatoms. The van der Waals surface area contributed by atoms with Crippen molar-refractivity contribution in [2.75, 3.05) is 17.7 Å². The number of amides is 1. The third kappa shape index (κ3) is 4.50. The van der Waals surface area contributed by atoms with Crippen LogP contribution in [0.1, 0.15) is 0 Å². The maximum atomic E-state index is 12.1. The summed E-state index contributed by atoms with van der Waals surface area (Å²) in [6, 6.07) is 15.7. The Labute approximate surface area is 139 Å². The van der Waals surface area contributed by atoms with Gasteiger partial charge in [0, 0.05) is 11.9 Å². The number of hydrogen-bond acceptors (Lipinski definition) is 4. The highest BCUT2D eigenvalue weighted by Gasteiger charge is 2.09. The van der Waals surface area contributed by atoms with Gasteiger partial charge in [0.05, 0.1) is 17.8 Å². The molecule has 0 spiro atoms. The minimum Gasteiger partial charge on any atom is -0.497 e. The number of nitrogens with zero attached hydrogens (tertiary/aromatic N) is 1. The van der Waals surface area contributed by atoms with Crippen molar-refractivity contribution in [1.82, 2.24) is 0 Å². The monoisotopic (exact) mass is 327 g/mol. The fraction of sp³-hybridized carbons (Fsp3) is 0.0588. The largest absolute Gasteiger partial charge is 0.497 e. The Balaban J connectivity index is 2.07. The van der Waals surface area contributed by atoms with Gasteiger partial charge in [-0.2, -0.15) is 5.26 Å². The zero-order valence-corrected chi connectivity index (χ0v) is 13.1. The molecule has 5 nitrogen and oxygen atoms in total. The number of rotatable bonds is 5. The molecule has 0 aliphatic rings. The van der Waals surface area contributed by atoms with Gasteiger partial charge in [0.15, 0.2) is 0 Å². The van der Waals surface area contributed by atoms with E-state index in [1.165, 1.54) is 6.20 Å². The van der Waals surface area contributed by atoms with Gasteiger partial charge in [0.1, 0.15) is 17.4 Å². The van der Waals surface area contributed by atoms with Crippen LogP contribution in [-0.4, -0.2) is 13.0 Å². The van der Waals surface area contributed by atoms with Crippen molar-refractivity contribution in [3.63, 3.8) is 0 Å². The maximum absolute atomic E-state index is 12.1. The Kier molecular flexibility index (Phi) is 5.61. The summed E-state index contributed by atoms with van der Waals surface area (Å²) in [6.45, 7) is 0. The average Bonchev–Trinajstić information content (AvgIpc) is 2.57. The molecule has 2 N–H and O–H groups in total. The molecule has 0 fully saturated rings. The lowest BCUT2D eigenvalue weighted by atomic mass is 10.2. The zero-order valence-electron chi connectivity index (χ0n) is 12.3. The van der Waals surface area contributed by atoms with Gasteiger partial charge in [-0.25, -0.2) is 0 Å². The van der Waals surface area contributed by atoms with Crippen LogP contribution in [0.5, 0.6) is 5.75 Å². The molecular formula is C17H14ClN3O2. The quantitative estimate of drug-likeness (QED) is 0.647. The molecule has 0 aliphatic carbocycles. The van der Waals surface area contributed by atoms with Crippen LogP contribution >= 0.6 is 11.6 Å². The first-order chi connectivity index (χ1) is 11.1. The molecule has 0 aromatic heterocycles. The van der Waals surface area contributed by atoms with E-state index in [1.807, 2.05) is 6.07 Å². The number of nitriles is 1. The van der Waals surface area contributed by atoms with Gasteiger partial charge >= 0.3 is 0 Å². The molecule has 0 aliphatic heterocycles. The summed E-state index contributed by atoms with van der Waals surface area (Å²) in [5.74, 6) is 0.164. The highest BCUT2D eigenvalue weighted by Crippen LogP contribution is 2.21. The summed E-state index contributed by atoms with van der Waals surface area (Å²) in [6.07, 6.45) is 1.32. The molecule has 1 amide bonds. The van der Waals surface area contributed by atoms with E-state index >= 15 is 0 Å². The minimum atomic E-state index is -0.516. The smallest absolute Gasteiger partial charge is 0.267 e. The van der Waals surface area contributed by atoms with Gasteiger partial charge in [-0.1, -0.05) is 23.7 Å². The van der Waals surface area contributed by atoms with E-state index in [-0.39, 0.29) is 5.57 Å². The molecule has 2 rings (SSSR count). The van der Waals surface area contributed by atoms with E-state index in [9.17, 15) is 4.79 Å². The van der Waals surface area contributed by atoms with Crippen molar-refractivity contribution in [3.8, 4) is 11.8 Å². The van der Waals surface area contributed by atoms with Crippen LogP contribution in [0.4, 0.5) is 11.4 Å². The number of methoxy groups -OCH3 is 1. The predicted octanol–water partition coefficient (Wildman–Crippen LogP) is 3.81. The van der Waals surface area contributed by atoms with E-state index in [0.717, 1.165) is 0 Å². The number of benzene rings is 2. The van der Waals surface area contributed by atoms with Crippen molar-refractivity contribution in [1.29, 1.82) is 5.26 Å². The number of para-hydroxylation sites is 1. The van der Waals surface area contributed by atoms with Crippen molar-refractivity contribution >= 4 is 28.9 Å². The molecule has 2 aromatic carbocycles. The summed E-state index contributed by atoms with van der Waals surface area (Å²) in [4.78, 5) is 12.1. The van der Waals surface area contributed by atoms with Crippen LogP contribution in [-0.2, 0) is 4.79 Å². The first kappa shape index (κ1) is 16.4. The standard InChI is InChI=1S/C17H14ClN3O2/c1-23-14-8-6-13(7-9-14)21-17(22)12(10-19)11-20-16-5-3-2-4-15(16)18/h2-9,11,20H,1H3,(H,21,22)/b12-11-. The Morgan fingerprint density at radius 3 is 2.52 bits per heavy atom. The molecule has 0 heterocycles. The van der Waals surface area contributed by atoms with Gasteiger partial charge in [-0.15, -0.1) is 0 Å². The number of carbonyl (C=O) groups excluding carboxylic acids is 1. The number of hydrogen-bond donors (Lipinski definition) is 2. The van der Waals surface area contributed by atoms with Crippen LogP contribution in [0.3, 0.4) is 0 Å². The second-order valence-corrected chi connectivity index (χ2v) is 4.88. The SMILES string of the molecule is COc1ccc(NC(=O)/C(C#N)=C\Nc2ccccc2Cl)cc1. The summed E-state index contributed by atoms with van der Waals surface area (Å²) in [5, 5.41) is 15.1. The second-order valence-electron chi connectivity index (χ2n) is 4.48. The number of nitrogens with one attached hydrogen (secondary N) is 2. The van der Waals surface area contributed by atoms with Gasteiger partial charge in [-0.3, -0.25) is 4.79 Å². The molecule has 0 radical (unpaired) electrons. The lowest BCUT2D eigenvalue weighted by molar-refractivity contribution is -0.112. The topological polar surface area (TPSA) is 74.1 Å². The molecule has 0 atom stereocenters. The average molecular weight is 328 g/mol. The van der Waals surface area contributed by atoms with Gasteiger partial charge < -0.3 is 15.4 Å². The number of ether oxygens (including phenoxy) is 1. The molecule has 0 saturated carbocycles. The summed E-state index contributed by atoms with van der Waals surface area (Å²) >= 11 is 6.00. The summed E-state index contributed by atoms with van der Waals surface area (Å²) in [5.41, 5.74) is 1.11. The minimum absolute atomic E-state index is 0.0688. The van der Waals surface area contributed by atoms with Gasteiger partial charge in [-0.05, 0) is 36.4 Å². The summed E-state index contributed by atoms with van der Waals surface area (Å²) < 4.78 is 5.04. The van der Waals surface area contributed by atoms with E-state index in [4.69, 9.17) is 21.6 Å². The molecular weight excluding hydrogens is 314 g/mol. The third-order valence-electron chi connectivity index (χ3n) is 2.96. The Hall–Kier alpha value is -2.97. The number of carbonyl (C=O) groups is 1. The molecule has 0 bridgehead atoms. The van der Waals surface area contributed by atoms with Crippen molar-refractivity contribution in [2.45, 2.75) is 0 Å². The van der Waals surface area contributed by atoms with Crippen molar-refractivity contribution in [2.24, 2.45) is 0 Å². The fourth-order valence-electron chi connectivity index (χ4n) is 1.75. The van der Waals surface area contributed by atoms with Crippen LogP contribution in [0.25, 0.3) is 0 Å². The third-order valence-corrected chi connectivity index (χ3v) is 3.29. The summed E-state index contributed by atoms with van der Waals surface area (Å²) in [7, 11) is 1.56. The Morgan fingerprint density at radius 2 is 1.91 bits per heavy atom. The highest BCUT2D eigenvalue weighted by atomic mass is 35.5. The fourth-order valence-corrected chi connectivity index (χ4v) is 1.94. The van der Waals surface area contributed by atoms with E-state index in [2.05, 4.69) is 10.6 Å². The van der Waals surface area contributed by atoms with Crippen LogP contribution in [0, 0.1) is 11.3 Å². The lowest BCUT2D eigenvalue weighted by Gasteiger charge is -2.07. The Bertz CT molecular complexity index is 764. The number of anilines is 2. The van der Waals surface area contributed by atoms with Crippen LogP contribution < -0.4 is 15.4 Å².